The predicted octanol–water partition coefficient (Wildman–Crippen LogP) is -0.262. The molecule has 1 saturated heterocycles. The third kappa shape index (κ3) is 1.18. The first-order chi connectivity index (χ1) is 5.75. The Kier molecular flexibility index (Phi) is 1.58. The van der Waals surface area contributed by atoms with Gasteiger partial charge in [0.25, 0.3) is 0 Å². The van der Waals surface area contributed by atoms with E-state index in [1.165, 1.54) is 0 Å². The van der Waals surface area contributed by atoms with E-state index < -0.39 is 6.03 Å². The van der Waals surface area contributed by atoms with Gasteiger partial charge in [0, 0.05) is 6.42 Å². The van der Waals surface area contributed by atoms with Crippen LogP contribution in [0.25, 0.3) is 0 Å². The van der Waals surface area contributed by atoms with Crippen molar-refractivity contribution in [2.24, 2.45) is 10.8 Å². The number of hydrogen-bond donors (Lipinski definition) is 2. The number of carbonyl (C=O) groups is 1. The van der Waals surface area contributed by atoms with Crippen molar-refractivity contribution in [3.63, 3.8) is 0 Å². The maximum Gasteiger partial charge on any atom is 0.332 e. The molecule has 0 saturated carbocycles. The van der Waals surface area contributed by atoms with E-state index in [9.17, 15) is 4.79 Å². The quantitative estimate of drug-likeness (QED) is 0.417. The summed E-state index contributed by atoms with van der Waals surface area (Å²) >= 11 is 0. The fourth-order valence-electron chi connectivity index (χ4n) is 1.37. The first-order valence-corrected chi connectivity index (χ1v) is 3.71. The van der Waals surface area contributed by atoms with Gasteiger partial charge in [-0.25, -0.2) is 10.2 Å². The van der Waals surface area contributed by atoms with Crippen LogP contribution >= 0.6 is 0 Å². The molecule has 2 atom stereocenters. The molecule has 2 aliphatic rings. The minimum absolute atomic E-state index is 0.0538. The van der Waals surface area contributed by atoms with Crippen molar-refractivity contribution in [3.8, 4) is 0 Å². The smallest absolute Gasteiger partial charge is 0.332 e. The molecule has 0 aromatic heterocycles. The van der Waals surface area contributed by atoms with Crippen molar-refractivity contribution >= 4 is 11.7 Å². The second-order valence-electron chi connectivity index (χ2n) is 2.76. The molecule has 64 valence electrons. The van der Waals surface area contributed by atoms with Crippen molar-refractivity contribution < 1.29 is 9.53 Å². The second-order valence-corrected chi connectivity index (χ2v) is 2.76. The van der Waals surface area contributed by atoms with Gasteiger partial charge in [0.1, 0.15) is 6.10 Å². The van der Waals surface area contributed by atoms with Crippen LogP contribution in [-0.2, 0) is 4.74 Å². The summed E-state index contributed by atoms with van der Waals surface area (Å²) in [6.45, 7) is 0. The van der Waals surface area contributed by atoms with Crippen molar-refractivity contribution in [3.05, 3.63) is 12.2 Å². The zero-order chi connectivity index (χ0) is 8.55. The zero-order valence-corrected chi connectivity index (χ0v) is 6.36. The Bertz CT molecular complexity index is 272. The van der Waals surface area contributed by atoms with Crippen molar-refractivity contribution in [1.29, 1.82) is 0 Å². The Balaban J connectivity index is 2.02. The Hall–Kier alpha value is -1.36. The molecule has 5 heteroatoms. The molecular weight excluding hydrogens is 158 g/mol. The number of nitrogens with one attached hydrogen (secondary N) is 1. The molecule has 0 spiro atoms. The number of hydrazone groups is 1. The van der Waals surface area contributed by atoms with Gasteiger partial charge in [-0.1, -0.05) is 12.2 Å². The third-order valence-electron chi connectivity index (χ3n) is 1.87. The number of nitrogens with zero attached hydrogens (tertiary/aromatic N) is 1. The number of fused-ring (bicyclic) bond motifs is 2. The molecule has 0 aromatic carbocycles. The average Bonchev–Trinajstić information content (AvgIpc) is 2.60. The van der Waals surface area contributed by atoms with Crippen LogP contribution in [0, 0.1) is 0 Å². The van der Waals surface area contributed by atoms with E-state index in [0.717, 1.165) is 12.1 Å². The number of carbonyl (C=O) groups excluding carboxylic acids is 1. The minimum Gasteiger partial charge on any atom is -0.360 e. The molecule has 2 unspecified atom stereocenters. The number of urea groups is 1. The highest BCUT2D eigenvalue weighted by Crippen LogP contribution is 2.25. The molecule has 0 aromatic rings. The van der Waals surface area contributed by atoms with Gasteiger partial charge in [-0.15, -0.1) is 0 Å². The molecule has 12 heavy (non-hydrogen) atoms. The van der Waals surface area contributed by atoms with Crippen molar-refractivity contribution in [2.45, 2.75) is 18.6 Å². The van der Waals surface area contributed by atoms with Gasteiger partial charge in [-0.05, 0) is 0 Å². The SMILES string of the molecule is NC(=O)N/N=C1/CC2C=CC1O2. The van der Waals surface area contributed by atoms with E-state index in [-0.39, 0.29) is 12.2 Å². The van der Waals surface area contributed by atoms with E-state index >= 15 is 0 Å². The van der Waals surface area contributed by atoms with Crippen LogP contribution in [0.15, 0.2) is 17.3 Å². The summed E-state index contributed by atoms with van der Waals surface area (Å²) in [4.78, 5) is 10.3. The van der Waals surface area contributed by atoms with Crippen molar-refractivity contribution in [1.82, 2.24) is 5.43 Å². The predicted molar refractivity (Wildman–Crippen MR) is 42.6 cm³/mol. The van der Waals surface area contributed by atoms with Crippen molar-refractivity contribution in [2.75, 3.05) is 0 Å². The van der Waals surface area contributed by atoms with Gasteiger partial charge in [-0.3, -0.25) is 0 Å². The van der Waals surface area contributed by atoms with E-state index in [1.807, 2.05) is 12.2 Å². The number of nitrogens with two attached hydrogens (primary N) is 1. The van der Waals surface area contributed by atoms with Gasteiger partial charge < -0.3 is 10.5 Å². The lowest BCUT2D eigenvalue weighted by molar-refractivity contribution is 0.132. The Morgan fingerprint density at radius 1 is 1.75 bits per heavy atom. The lowest BCUT2D eigenvalue weighted by Gasteiger charge is -2.02. The maximum absolute atomic E-state index is 10.3. The molecule has 1 fully saturated rings. The van der Waals surface area contributed by atoms with E-state index in [4.69, 9.17) is 10.5 Å². The van der Waals surface area contributed by atoms with Crippen LogP contribution < -0.4 is 11.2 Å². The summed E-state index contributed by atoms with van der Waals surface area (Å²) in [6, 6.07) is -0.644. The topological polar surface area (TPSA) is 76.7 Å². The van der Waals surface area contributed by atoms with Crippen LogP contribution in [-0.4, -0.2) is 24.0 Å². The first kappa shape index (κ1) is 7.30. The fraction of sp³-hybridized carbons (Fsp3) is 0.429. The first-order valence-electron chi connectivity index (χ1n) is 3.71. The molecular formula is C7H9N3O2. The number of amides is 2. The summed E-state index contributed by atoms with van der Waals surface area (Å²) in [5.74, 6) is 0. The molecule has 0 aliphatic carbocycles. The molecule has 2 amide bonds. The summed E-state index contributed by atoms with van der Waals surface area (Å²) < 4.78 is 5.38. The van der Waals surface area contributed by atoms with Gasteiger partial charge in [0.05, 0.1) is 11.8 Å². The van der Waals surface area contributed by atoms with Gasteiger partial charge in [0.15, 0.2) is 0 Å². The standard InChI is InChI=1S/C7H9N3O2/c8-7(11)10-9-5-3-4-1-2-6(5)12-4/h1-2,4,6H,3H2,(H3,8,10,11)/b9-5-. The Labute approximate surface area is 69.3 Å². The van der Waals surface area contributed by atoms with Gasteiger partial charge in [-0.2, -0.15) is 5.10 Å². The second kappa shape index (κ2) is 2.60. The number of rotatable bonds is 1. The monoisotopic (exact) mass is 167 g/mol. The summed E-state index contributed by atoms with van der Waals surface area (Å²) in [5, 5.41) is 3.82. The highest BCUT2D eigenvalue weighted by Gasteiger charge is 2.33. The molecule has 0 radical (unpaired) electrons. The fourth-order valence-corrected chi connectivity index (χ4v) is 1.37. The molecule has 5 nitrogen and oxygen atoms in total. The Morgan fingerprint density at radius 3 is 3.08 bits per heavy atom. The summed E-state index contributed by atoms with van der Waals surface area (Å²) in [6.07, 6.45) is 4.76. The molecule has 2 heterocycles. The van der Waals surface area contributed by atoms with E-state index in [2.05, 4.69) is 10.5 Å². The van der Waals surface area contributed by atoms with Crippen LogP contribution in [0.2, 0.25) is 0 Å². The number of ether oxygens (including phenoxy) is 1. The maximum atomic E-state index is 10.3. The summed E-state index contributed by atoms with van der Waals surface area (Å²) in [5.41, 5.74) is 7.87. The average molecular weight is 167 g/mol. The zero-order valence-electron chi connectivity index (χ0n) is 6.36. The van der Waals surface area contributed by atoms with Crippen LogP contribution in [0.1, 0.15) is 6.42 Å². The normalized spacial score (nSPS) is 34.5. The van der Waals surface area contributed by atoms with E-state index in [0.29, 0.717) is 0 Å². The third-order valence-corrected chi connectivity index (χ3v) is 1.87. The van der Waals surface area contributed by atoms with E-state index in [1.54, 1.807) is 0 Å². The minimum atomic E-state index is -0.644. The van der Waals surface area contributed by atoms with Crippen LogP contribution in [0.5, 0.6) is 0 Å². The lowest BCUT2D eigenvalue weighted by Crippen LogP contribution is -2.27. The van der Waals surface area contributed by atoms with Gasteiger partial charge >= 0.3 is 6.03 Å². The van der Waals surface area contributed by atoms with Crippen LogP contribution in [0.4, 0.5) is 4.79 Å². The number of primary amides is 1. The molecule has 3 N–H and O–H groups in total. The summed E-state index contributed by atoms with van der Waals surface area (Å²) in [7, 11) is 0. The molecule has 2 rings (SSSR count). The lowest BCUT2D eigenvalue weighted by atomic mass is 10.1. The highest BCUT2D eigenvalue weighted by atomic mass is 16.5. The molecule has 2 aliphatic heterocycles. The number of hydrogen-bond acceptors (Lipinski definition) is 3. The highest BCUT2D eigenvalue weighted by molar-refractivity contribution is 5.94. The van der Waals surface area contributed by atoms with Crippen LogP contribution in [0.3, 0.4) is 0 Å². The Morgan fingerprint density at radius 2 is 2.58 bits per heavy atom. The van der Waals surface area contributed by atoms with Gasteiger partial charge in [0.2, 0.25) is 0 Å². The molecule has 2 bridgehead atoms. The largest absolute Gasteiger partial charge is 0.360 e.